The van der Waals surface area contributed by atoms with Crippen LogP contribution in [0.5, 0.6) is 5.75 Å². The lowest BCUT2D eigenvalue weighted by molar-refractivity contribution is 0.413. The number of rotatable bonds is 2. The van der Waals surface area contributed by atoms with E-state index in [9.17, 15) is 0 Å². The number of hydrogen-bond acceptors (Lipinski definition) is 2. The minimum Gasteiger partial charge on any atom is -0.497 e. The maximum atomic E-state index is 5.14. The van der Waals surface area contributed by atoms with E-state index in [0.717, 1.165) is 16.0 Å². The van der Waals surface area contributed by atoms with Gasteiger partial charge in [-0.1, -0.05) is 0 Å². The van der Waals surface area contributed by atoms with E-state index in [0.29, 0.717) is 5.92 Å². The van der Waals surface area contributed by atoms with Gasteiger partial charge in [0.1, 0.15) is 10.4 Å². The second-order valence-electron chi connectivity index (χ2n) is 3.03. The Hall–Kier alpha value is -0.570. The summed E-state index contributed by atoms with van der Waals surface area (Å²) in [5.41, 5.74) is 1.15. The lowest BCUT2D eigenvalue weighted by Gasteiger charge is -2.03. The molecule has 0 bridgehead atoms. The third-order valence-electron chi connectivity index (χ3n) is 2.02. The first-order valence-electron chi connectivity index (χ1n) is 4.01. The van der Waals surface area contributed by atoms with E-state index in [2.05, 4.69) is 20.9 Å². The Labute approximate surface area is 80.1 Å². The van der Waals surface area contributed by atoms with Gasteiger partial charge >= 0.3 is 0 Å². The zero-order chi connectivity index (χ0) is 8.55. The van der Waals surface area contributed by atoms with Crippen LogP contribution >= 0.6 is 15.9 Å². The molecule has 2 rings (SSSR count). The third-order valence-corrected chi connectivity index (χ3v) is 2.42. The summed E-state index contributed by atoms with van der Waals surface area (Å²) >= 11 is 3.36. The van der Waals surface area contributed by atoms with Crippen molar-refractivity contribution in [2.75, 3.05) is 7.11 Å². The average Bonchev–Trinajstić information content (AvgIpc) is 2.85. The molecule has 12 heavy (non-hydrogen) atoms. The van der Waals surface area contributed by atoms with Gasteiger partial charge < -0.3 is 4.74 Å². The summed E-state index contributed by atoms with van der Waals surface area (Å²) in [6.45, 7) is 0. The first-order chi connectivity index (χ1) is 5.79. The first kappa shape index (κ1) is 8.05. The highest BCUT2D eigenvalue weighted by Gasteiger charge is 2.25. The second-order valence-corrected chi connectivity index (χ2v) is 3.84. The first-order valence-corrected chi connectivity index (χ1v) is 4.80. The number of pyridine rings is 1. The number of aromatic nitrogens is 1. The quantitative estimate of drug-likeness (QED) is 0.726. The maximum Gasteiger partial charge on any atom is 0.123 e. The maximum absolute atomic E-state index is 5.14. The fraction of sp³-hybridized carbons (Fsp3) is 0.444. The second kappa shape index (κ2) is 3.05. The van der Waals surface area contributed by atoms with E-state index in [1.807, 2.05) is 12.1 Å². The molecule has 0 atom stereocenters. The van der Waals surface area contributed by atoms with Crippen LogP contribution < -0.4 is 4.74 Å². The van der Waals surface area contributed by atoms with Crippen molar-refractivity contribution in [2.45, 2.75) is 18.8 Å². The molecule has 1 fully saturated rings. The summed E-state index contributed by atoms with van der Waals surface area (Å²) in [4.78, 5) is 4.38. The third kappa shape index (κ3) is 1.61. The molecule has 2 nitrogen and oxygen atoms in total. The van der Waals surface area contributed by atoms with Gasteiger partial charge in [-0.3, -0.25) is 0 Å². The molecule has 0 aliphatic heterocycles. The van der Waals surface area contributed by atoms with E-state index >= 15 is 0 Å². The van der Waals surface area contributed by atoms with E-state index in [1.54, 1.807) is 7.11 Å². The standard InChI is InChI=1S/C9H10BrNO/c1-12-7-4-8(6-2-3-6)11-9(10)5-7/h4-6H,2-3H2,1H3. The van der Waals surface area contributed by atoms with Crippen molar-refractivity contribution in [3.8, 4) is 5.75 Å². The number of ether oxygens (including phenoxy) is 1. The Morgan fingerprint density at radius 3 is 2.83 bits per heavy atom. The van der Waals surface area contributed by atoms with Gasteiger partial charge in [-0.15, -0.1) is 0 Å². The molecule has 0 aromatic carbocycles. The molecule has 1 saturated carbocycles. The summed E-state index contributed by atoms with van der Waals surface area (Å²) in [5, 5.41) is 0. The minimum absolute atomic E-state index is 0.677. The van der Waals surface area contributed by atoms with Crippen LogP contribution in [0.25, 0.3) is 0 Å². The normalized spacial score (nSPS) is 16.2. The fourth-order valence-electron chi connectivity index (χ4n) is 1.20. The van der Waals surface area contributed by atoms with Crippen molar-refractivity contribution in [3.63, 3.8) is 0 Å². The molecule has 3 heteroatoms. The number of halogens is 1. The van der Waals surface area contributed by atoms with Gasteiger partial charge in [0.2, 0.25) is 0 Å². The highest BCUT2D eigenvalue weighted by atomic mass is 79.9. The molecule has 0 saturated heterocycles. The van der Waals surface area contributed by atoms with E-state index < -0.39 is 0 Å². The molecule has 0 spiro atoms. The lowest BCUT2D eigenvalue weighted by Crippen LogP contribution is -1.90. The molecule has 1 aromatic rings. The molecule has 1 aromatic heterocycles. The number of methoxy groups -OCH3 is 1. The van der Waals surface area contributed by atoms with Crippen LogP contribution in [0, 0.1) is 0 Å². The minimum atomic E-state index is 0.677. The SMILES string of the molecule is COc1cc(Br)nc(C2CC2)c1. The lowest BCUT2D eigenvalue weighted by atomic mass is 10.2. The Kier molecular flexibility index (Phi) is 2.05. The summed E-state index contributed by atoms with van der Waals surface area (Å²) in [7, 11) is 1.68. The fourth-order valence-corrected chi connectivity index (χ4v) is 1.63. The number of hydrogen-bond donors (Lipinski definition) is 0. The van der Waals surface area contributed by atoms with Crippen LogP contribution in [0.4, 0.5) is 0 Å². The highest BCUT2D eigenvalue weighted by Crippen LogP contribution is 2.40. The molecular formula is C9H10BrNO. The van der Waals surface area contributed by atoms with Crippen molar-refractivity contribution < 1.29 is 4.74 Å². The largest absolute Gasteiger partial charge is 0.497 e. The Morgan fingerprint density at radius 1 is 1.50 bits per heavy atom. The van der Waals surface area contributed by atoms with E-state index in [4.69, 9.17) is 4.74 Å². The van der Waals surface area contributed by atoms with Crippen LogP contribution in [0.2, 0.25) is 0 Å². The zero-order valence-corrected chi connectivity index (χ0v) is 8.47. The molecule has 0 amide bonds. The smallest absolute Gasteiger partial charge is 0.123 e. The molecular weight excluding hydrogens is 218 g/mol. The Morgan fingerprint density at radius 2 is 2.25 bits per heavy atom. The van der Waals surface area contributed by atoms with Crippen molar-refractivity contribution >= 4 is 15.9 Å². The average molecular weight is 228 g/mol. The van der Waals surface area contributed by atoms with Gasteiger partial charge in [0.25, 0.3) is 0 Å². The zero-order valence-electron chi connectivity index (χ0n) is 6.88. The van der Waals surface area contributed by atoms with Gasteiger partial charge in [-0.05, 0) is 28.8 Å². The van der Waals surface area contributed by atoms with Gasteiger partial charge in [0.15, 0.2) is 0 Å². The Bertz CT molecular complexity index is 297. The molecule has 0 unspecified atom stereocenters. The van der Waals surface area contributed by atoms with Crippen molar-refractivity contribution in [3.05, 3.63) is 22.4 Å². The summed E-state index contributed by atoms with van der Waals surface area (Å²) < 4.78 is 6.01. The summed E-state index contributed by atoms with van der Waals surface area (Å²) in [6.07, 6.45) is 2.54. The number of nitrogens with zero attached hydrogens (tertiary/aromatic N) is 1. The van der Waals surface area contributed by atoms with Crippen molar-refractivity contribution in [1.82, 2.24) is 4.98 Å². The molecule has 1 heterocycles. The van der Waals surface area contributed by atoms with Crippen molar-refractivity contribution in [1.29, 1.82) is 0 Å². The van der Waals surface area contributed by atoms with E-state index in [-0.39, 0.29) is 0 Å². The van der Waals surface area contributed by atoms with Crippen LogP contribution in [-0.2, 0) is 0 Å². The van der Waals surface area contributed by atoms with Gasteiger partial charge in [0.05, 0.1) is 7.11 Å². The molecule has 64 valence electrons. The molecule has 0 radical (unpaired) electrons. The molecule has 1 aliphatic rings. The predicted molar refractivity (Wildman–Crippen MR) is 50.5 cm³/mol. The van der Waals surface area contributed by atoms with E-state index in [1.165, 1.54) is 12.8 Å². The van der Waals surface area contributed by atoms with Gasteiger partial charge in [-0.25, -0.2) is 4.98 Å². The predicted octanol–water partition coefficient (Wildman–Crippen LogP) is 2.73. The molecule has 0 N–H and O–H groups in total. The van der Waals surface area contributed by atoms with Crippen LogP contribution in [0.3, 0.4) is 0 Å². The summed E-state index contributed by atoms with van der Waals surface area (Å²) in [6, 6.07) is 3.90. The van der Waals surface area contributed by atoms with Crippen LogP contribution in [0.15, 0.2) is 16.7 Å². The van der Waals surface area contributed by atoms with Gasteiger partial charge in [0, 0.05) is 23.7 Å². The van der Waals surface area contributed by atoms with Crippen LogP contribution in [0.1, 0.15) is 24.5 Å². The van der Waals surface area contributed by atoms with Crippen molar-refractivity contribution in [2.24, 2.45) is 0 Å². The molecule has 1 aliphatic carbocycles. The topological polar surface area (TPSA) is 22.1 Å². The summed E-state index contributed by atoms with van der Waals surface area (Å²) in [5.74, 6) is 1.56. The van der Waals surface area contributed by atoms with Gasteiger partial charge in [-0.2, -0.15) is 0 Å². The highest BCUT2D eigenvalue weighted by molar-refractivity contribution is 9.10. The Balaban J connectivity index is 2.34. The van der Waals surface area contributed by atoms with Crippen LogP contribution in [-0.4, -0.2) is 12.1 Å². The monoisotopic (exact) mass is 227 g/mol.